The molecule has 20 heavy (non-hydrogen) atoms. The van der Waals surface area contributed by atoms with Crippen LogP contribution in [0.15, 0.2) is 0 Å². The van der Waals surface area contributed by atoms with Crippen LogP contribution in [0, 0.1) is 13.8 Å². The normalized spacial score (nSPS) is 16.4. The lowest BCUT2D eigenvalue weighted by molar-refractivity contribution is 0.149. The molecule has 2 rings (SSSR count). The summed E-state index contributed by atoms with van der Waals surface area (Å²) < 4.78 is 5.38. The van der Waals surface area contributed by atoms with Crippen LogP contribution < -0.4 is 5.32 Å². The van der Waals surface area contributed by atoms with Crippen molar-refractivity contribution in [2.45, 2.75) is 58.9 Å². The molecule has 0 amide bonds. The summed E-state index contributed by atoms with van der Waals surface area (Å²) in [6.45, 7) is 10.9. The maximum atomic E-state index is 5.38. The molecule has 112 valence electrons. The summed E-state index contributed by atoms with van der Waals surface area (Å²) in [5.41, 5.74) is 3.54. The Morgan fingerprint density at radius 1 is 1.25 bits per heavy atom. The van der Waals surface area contributed by atoms with E-state index in [1.807, 2.05) is 6.92 Å². The number of ether oxygens (including phenoxy) is 1. The summed E-state index contributed by atoms with van der Waals surface area (Å²) in [7, 11) is 0. The molecule has 1 heterocycles. The average Bonchev–Trinajstić information content (AvgIpc) is 3.20. The number of nitrogens with one attached hydrogen (secondary N) is 1. The highest BCUT2D eigenvalue weighted by molar-refractivity contribution is 5.28. The number of aromatic nitrogens is 2. The van der Waals surface area contributed by atoms with Crippen LogP contribution in [0.3, 0.4) is 0 Å². The first-order valence-electron chi connectivity index (χ1n) is 7.77. The summed E-state index contributed by atoms with van der Waals surface area (Å²) >= 11 is 0. The molecule has 1 aliphatic rings. The molecule has 4 heteroatoms. The molecular weight excluding hydrogens is 250 g/mol. The molecule has 0 saturated heterocycles. The van der Waals surface area contributed by atoms with E-state index < -0.39 is 0 Å². The number of rotatable bonds is 8. The molecule has 1 N–H and O–H groups in total. The Kier molecular flexibility index (Phi) is 5.49. The molecule has 1 fully saturated rings. The molecule has 1 aromatic heterocycles. The van der Waals surface area contributed by atoms with E-state index in [0.29, 0.717) is 12.5 Å². The smallest absolute Gasteiger partial charge is 0.131 e. The van der Waals surface area contributed by atoms with E-state index >= 15 is 0 Å². The van der Waals surface area contributed by atoms with Gasteiger partial charge < -0.3 is 10.1 Å². The van der Waals surface area contributed by atoms with Gasteiger partial charge >= 0.3 is 0 Å². The fraction of sp³-hybridized carbons (Fsp3) is 0.750. The van der Waals surface area contributed by atoms with Crippen LogP contribution in [-0.2, 0) is 11.2 Å². The van der Waals surface area contributed by atoms with Crippen LogP contribution in [0.4, 0.5) is 0 Å². The topological polar surface area (TPSA) is 47.0 Å². The van der Waals surface area contributed by atoms with Gasteiger partial charge in [0.1, 0.15) is 5.82 Å². The average molecular weight is 277 g/mol. The molecule has 1 aromatic rings. The molecule has 4 nitrogen and oxygen atoms in total. The van der Waals surface area contributed by atoms with Gasteiger partial charge in [-0.05, 0) is 45.1 Å². The van der Waals surface area contributed by atoms with Gasteiger partial charge in [-0.3, -0.25) is 0 Å². The SMILES string of the molecule is CCOCCc1nc(C)c(C(C)CNC2CC2)c(C)n1. The molecule has 1 saturated carbocycles. The predicted octanol–water partition coefficient (Wildman–Crippen LogP) is 2.53. The third-order valence-corrected chi connectivity index (χ3v) is 3.83. The Hall–Kier alpha value is -1.00. The molecule has 1 unspecified atom stereocenters. The van der Waals surface area contributed by atoms with E-state index in [1.165, 1.54) is 18.4 Å². The van der Waals surface area contributed by atoms with Gasteiger partial charge in [0, 0.05) is 37.0 Å². The number of hydrogen-bond acceptors (Lipinski definition) is 4. The van der Waals surface area contributed by atoms with E-state index in [0.717, 1.165) is 42.8 Å². The van der Waals surface area contributed by atoms with Gasteiger partial charge in [-0.25, -0.2) is 9.97 Å². The Bertz CT molecular complexity index is 420. The molecule has 0 radical (unpaired) electrons. The highest BCUT2D eigenvalue weighted by Crippen LogP contribution is 2.24. The van der Waals surface area contributed by atoms with Crippen molar-refractivity contribution < 1.29 is 4.74 Å². The van der Waals surface area contributed by atoms with Crippen molar-refractivity contribution in [3.63, 3.8) is 0 Å². The second-order valence-electron chi connectivity index (χ2n) is 5.75. The zero-order valence-electron chi connectivity index (χ0n) is 13.2. The van der Waals surface area contributed by atoms with Gasteiger partial charge in [-0.2, -0.15) is 0 Å². The van der Waals surface area contributed by atoms with Gasteiger partial charge in [-0.1, -0.05) is 6.92 Å². The summed E-state index contributed by atoms with van der Waals surface area (Å²) in [5, 5.41) is 3.59. The Morgan fingerprint density at radius 2 is 1.90 bits per heavy atom. The van der Waals surface area contributed by atoms with Gasteiger partial charge in [0.25, 0.3) is 0 Å². The van der Waals surface area contributed by atoms with Crippen LogP contribution in [0.1, 0.15) is 55.4 Å². The maximum absolute atomic E-state index is 5.38. The Morgan fingerprint density at radius 3 is 2.45 bits per heavy atom. The van der Waals surface area contributed by atoms with Crippen molar-refractivity contribution in [1.29, 1.82) is 0 Å². The number of aryl methyl sites for hydroxylation is 2. The van der Waals surface area contributed by atoms with Crippen molar-refractivity contribution in [3.05, 3.63) is 22.8 Å². The maximum Gasteiger partial charge on any atom is 0.131 e. The third-order valence-electron chi connectivity index (χ3n) is 3.83. The summed E-state index contributed by atoms with van der Waals surface area (Å²) in [5.74, 6) is 1.37. The minimum Gasteiger partial charge on any atom is -0.381 e. The van der Waals surface area contributed by atoms with Crippen LogP contribution >= 0.6 is 0 Å². The monoisotopic (exact) mass is 277 g/mol. The predicted molar refractivity (Wildman–Crippen MR) is 81.1 cm³/mol. The first kappa shape index (κ1) is 15.4. The fourth-order valence-corrected chi connectivity index (χ4v) is 2.66. The summed E-state index contributed by atoms with van der Waals surface area (Å²) in [6.07, 6.45) is 3.46. The van der Waals surface area contributed by atoms with E-state index in [9.17, 15) is 0 Å². The highest BCUT2D eigenvalue weighted by Gasteiger charge is 2.22. The Labute approximate surface area is 122 Å². The minimum absolute atomic E-state index is 0.469. The first-order chi connectivity index (χ1) is 9.61. The zero-order chi connectivity index (χ0) is 14.5. The molecule has 1 aliphatic carbocycles. The zero-order valence-corrected chi connectivity index (χ0v) is 13.2. The van der Waals surface area contributed by atoms with Crippen LogP contribution in [-0.4, -0.2) is 35.8 Å². The lowest BCUT2D eigenvalue weighted by Gasteiger charge is -2.18. The Balaban J connectivity index is 2.00. The van der Waals surface area contributed by atoms with Gasteiger partial charge in [0.15, 0.2) is 0 Å². The molecular formula is C16H27N3O. The number of hydrogen-bond donors (Lipinski definition) is 1. The standard InChI is InChI=1S/C16H27N3O/c1-5-20-9-8-15-18-12(3)16(13(4)19-15)11(2)10-17-14-6-7-14/h11,14,17H,5-10H2,1-4H3. The lowest BCUT2D eigenvalue weighted by atomic mass is 9.98. The van der Waals surface area contributed by atoms with E-state index in [-0.39, 0.29) is 0 Å². The van der Waals surface area contributed by atoms with Crippen molar-refractivity contribution in [2.75, 3.05) is 19.8 Å². The summed E-state index contributed by atoms with van der Waals surface area (Å²) in [6, 6.07) is 0.754. The second-order valence-corrected chi connectivity index (χ2v) is 5.75. The van der Waals surface area contributed by atoms with Crippen molar-refractivity contribution in [1.82, 2.24) is 15.3 Å². The lowest BCUT2D eigenvalue weighted by Crippen LogP contribution is -2.23. The van der Waals surface area contributed by atoms with Crippen LogP contribution in [0.2, 0.25) is 0 Å². The molecule has 0 aliphatic heterocycles. The van der Waals surface area contributed by atoms with E-state index in [1.54, 1.807) is 0 Å². The van der Waals surface area contributed by atoms with E-state index in [4.69, 9.17) is 4.74 Å². The van der Waals surface area contributed by atoms with Crippen LogP contribution in [0.5, 0.6) is 0 Å². The third kappa shape index (κ3) is 4.25. The van der Waals surface area contributed by atoms with Crippen molar-refractivity contribution in [3.8, 4) is 0 Å². The summed E-state index contributed by atoms with van der Waals surface area (Å²) in [4.78, 5) is 9.30. The first-order valence-corrected chi connectivity index (χ1v) is 7.77. The van der Waals surface area contributed by atoms with Gasteiger partial charge in [0.2, 0.25) is 0 Å². The van der Waals surface area contributed by atoms with Crippen molar-refractivity contribution in [2.24, 2.45) is 0 Å². The quantitative estimate of drug-likeness (QED) is 0.742. The molecule has 0 spiro atoms. The fourth-order valence-electron chi connectivity index (χ4n) is 2.66. The largest absolute Gasteiger partial charge is 0.381 e. The van der Waals surface area contributed by atoms with E-state index in [2.05, 4.69) is 36.1 Å². The van der Waals surface area contributed by atoms with Gasteiger partial charge in [0.05, 0.1) is 6.61 Å². The van der Waals surface area contributed by atoms with Crippen LogP contribution in [0.25, 0.3) is 0 Å². The molecule has 0 aromatic carbocycles. The highest BCUT2D eigenvalue weighted by atomic mass is 16.5. The molecule has 0 bridgehead atoms. The number of nitrogens with zero attached hydrogens (tertiary/aromatic N) is 2. The second kappa shape index (κ2) is 7.14. The van der Waals surface area contributed by atoms with Gasteiger partial charge in [-0.15, -0.1) is 0 Å². The van der Waals surface area contributed by atoms with Crippen molar-refractivity contribution >= 4 is 0 Å². The molecule has 1 atom stereocenters. The minimum atomic E-state index is 0.469.